The van der Waals surface area contributed by atoms with Gasteiger partial charge < -0.3 is 14.6 Å². The number of methoxy groups -OCH3 is 1. The number of hydrogen-bond donors (Lipinski definition) is 1. The Balaban J connectivity index is 1.37. The predicted molar refractivity (Wildman–Crippen MR) is 176 cm³/mol. The third-order valence-electron chi connectivity index (χ3n) is 15.5. The molecule has 0 aromatic heterocycles. The van der Waals surface area contributed by atoms with Crippen molar-refractivity contribution in [2.75, 3.05) is 13.7 Å². The van der Waals surface area contributed by atoms with E-state index in [9.17, 15) is 14.7 Å². The number of aliphatic hydroxyl groups excluding tert-OH is 1. The molecule has 250 valence electrons. The highest BCUT2D eigenvalue weighted by molar-refractivity contribution is 5.74. The molecule has 5 fully saturated rings. The number of carbonyl (C=O) groups is 2. The Bertz CT molecular complexity index is 1140. The quantitative estimate of drug-likeness (QED) is 0.219. The van der Waals surface area contributed by atoms with Gasteiger partial charge in [-0.15, -0.1) is 0 Å². The van der Waals surface area contributed by atoms with Crippen molar-refractivity contribution < 1.29 is 24.2 Å². The molecule has 0 aromatic carbocycles. The molecular weight excluding hydrogens is 548 g/mol. The summed E-state index contributed by atoms with van der Waals surface area (Å²) in [6.07, 6.45) is 13.4. The minimum Gasteiger partial charge on any atom is -0.469 e. The van der Waals surface area contributed by atoms with Crippen molar-refractivity contribution in [2.45, 2.75) is 145 Å². The average Bonchev–Trinajstić information content (AvgIpc) is 3.30. The van der Waals surface area contributed by atoms with Crippen molar-refractivity contribution in [3.8, 4) is 0 Å². The van der Waals surface area contributed by atoms with Crippen LogP contribution < -0.4 is 0 Å². The summed E-state index contributed by atoms with van der Waals surface area (Å²) in [6.45, 7) is 23.6. The number of hydrogen-bond acceptors (Lipinski definition) is 5. The van der Waals surface area contributed by atoms with E-state index in [1.807, 2.05) is 13.8 Å². The molecule has 0 heterocycles. The molecule has 5 aliphatic rings. The minimum absolute atomic E-state index is 0.0955. The lowest BCUT2D eigenvalue weighted by atomic mass is 9.32. The minimum atomic E-state index is -0.491. The van der Waals surface area contributed by atoms with E-state index in [0.29, 0.717) is 47.0 Å². The molecule has 44 heavy (non-hydrogen) atoms. The maximum Gasteiger partial charge on any atom is 0.306 e. The zero-order valence-corrected chi connectivity index (χ0v) is 29.7. The van der Waals surface area contributed by atoms with E-state index in [1.165, 1.54) is 64.0 Å². The first-order valence-corrected chi connectivity index (χ1v) is 17.9. The first-order valence-electron chi connectivity index (χ1n) is 17.9. The molecule has 4 unspecified atom stereocenters. The Labute approximate surface area is 268 Å². The number of fused-ring (bicyclic) bond motifs is 7. The molecule has 0 saturated heterocycles. The van der Waals surface area contributed by atoms with Crippen LogP contribution in [0.3, 0.4) is 0 Å². The van der Waals surface area contributed by atoms with Gasteiger partial charge in [-0.2, -0.15) is 0 Å². The Morgan fingerprint density at radius 2 is 1.52 bits per heavy atom. The molecule has 0 aliphatic heterocycles. The molecule has 5 aliphatic carbocycles. The van der Waals surface area contributed by atoms with E-state index in [2.05, 4.69) is 48.1 Å². The largest absolute Gasteiger partial charge is 0.469 e. The van der Waals surface area contributed by atoms with Gasteiger partial charge in [0.15, 0.2) is 0 Å². The van der Waals surface area contributed by atoms with E-state index in [1.54, 1.807) is 0 Å². The summed E-state index contributed by atoms with van der Waals surface area (Å²) < 4.78 is 11.2. The lowest BCUT2D eigenvalue weighted by Gasteiger charge is -2.73. The summed E-state index contributed by atoms with van der Waals surface area (Å²) >= 11 is 0. The highest BCUT2D eigenvalue weighted by Crippen LogP contribution is 2.78. The number of rotatable bonds is 8. The fraction of sp³-hybridized carbons (Fsp3) is 0.897. The van der Waals surface area contributed by atoms with Crippen molar-refractivity contribution in [2.24, 2.45) is 62.1 Å². The van der Waals surface area contributed by atoms with Crippen molar-refractivity contribution in [3.05, 3.63) is 12.2 Å². The maximum absolute atomic E-state index is 13.2. The molecule has 1 N–H and O–H groups in total. The molecule has 5 rings (SSSR count). The predicted octanol–water partition coefficient (Wildman–Crippen LogP) is 8.92. The summed E-state index contributed by atoms with van der Waals surface area (Å²) in [5, 5.41) is 10.2. The Hall–Kier alpha value is -1.36. The van der Waals surface area contributed by atoms with Gasteiger partial charge >= 0.3 is 11.9 Å². The van der Waals surface area contributed by atoms with Crippen LogP contribution in [0.2, 0.25) is 0 Å². The van der Waals surface area contributed by atoms with Gasteiger partial charge in [-0.05, 0) is 134 Å². The molecule has 5 heteroatoms. The summed E-state index contributed by atoms with van der Waals surface area (Å²) in [7, 11) is 1.40. The van der Waals surface area contributed by atoms with Gasteiger partial charge in [0.05, 0.1) is 20.0 Å². The van der Waals surface area contributed by atoms with Gasteiger partial charge in [-0.25, -0.2) is 0 Å². The first-order chi connectivity index (χ1) is 20.4. The molecule has 0 amide bonds. The standard InChI is InChI=1S/C39H64O5/c1-25(2)26-13-18-39(21-22-40)20-19-37(8)27(33(26)39)11-12-29-36(7)16-15-30(35(5,6)28(36)14-17-38(29,37)9)44-32(42)24-34(3,4)23-31(41)43-10/h26-30,33,40H,1,11-24H2,2-10H3/t26-,27?,28?,29?,30-,33?,36-,37+,38+,39+/m0/s1. The Morgan fingerprint density at radius 1 is 0.841 bits per heavy atom. The van der Waals surface area contributed by atoms with E-state index in [0.717, 1.165) is 19.3 Å². The Kier molecular flexibility index (Phi) is 8.81. The zero-order chi connectivity index (χ0) is 32.5. The normalized spacial score (nSPS) is 44.4. The van der Waals surface area contributed by atoms with Crippen LogP contribution in [0.15, 0.2) is 12.2 Å². The second-order valence-corrected chi connectivity index (χ2v) is 18.5. The van der Waals surface area contributed by atoms with Crippen LogP contribution in [0.4, 0.5) is 0 Å². The smallest absolute Gasteiger partial charge is 0.306 e. The van der Waals surface area contributed by atoms with Crippen molar-refractivity contribution in [1.29, 1.82) is 0 Å². The van der Waals surface area contributed by atoms with Crippen LogP contribution in [0, 0.1) is 62.1 Å². The topological polar surface area (TPSA) is 72.8 Å². The molecule has 0 aromatic rings. The van der Waals surface area contributed by atoms with Gasteiger partial charge in [-0.1, -0.05) is 60.6 Å². The van der Waals surface area contributed by atoms with Crippen LogP contribution in [-0.2, 0) is 19.1 Å². The van der Waals surface area contributed by atoms with Crippen molar-refractivity contribution in [1.82, 2.24) is 0 Å². The van der Waals surface area contributed by atoms with Gasteiger partial charge in [-0.3, -0.25) is 9.59 Å². The molecule has 0 radical (unpaired) electrons. The number of aliphatic hydroxyl groups is 1. The second kappa shape index (κ2) is 11.4. The lowest BCUT2D eigenvalue weighted by Crippen LogP contribution is -2.66. The van der Waals surface area contributed by atoms with Crippen LogP contribution in [0.25, 0.3) is 0 Å². The van der Waals surface area contributed by atoms with E-state index >= 15 is 0 Å². The Morgan fingerprint density at radius 3 is 2.16 bits per heavy atom. The lowest BCUT2D eigenvalue weighted by molar-refractivity contribution is -0.251. The van der Waals surface area contributed by atoms with Crippen LogP contribution >= 0.6 is 0 Å². The highest BCUT2D eigenvalue weighted by atomic mass is 16.5. The average molecular weight is 613 g/mol. The van der Waals surface area contributed by atoms with Crippen LogP contribution in [0.1, 0.15) is 139 Å². The van der Waals surface area contributed by atoms with Crippen LogP contribution in [0.5, 0.6) is 0 Å². The molecule has 10 atom stereocenters. The molecular formula is C39H64O5. The second-order valence-electron chi connectivity index (χ2n) is 18.5. The first kappa shape index (κ1) is 34.0. The van der Waals surface area contributed by atoms with E-state index in [4.69, 9.17) is 9.47 Å². The number of allylic oxidation sites excluding steroid dienone is 1. The number of ether oxygens (including phenoxy) is 2. The number of carbonyl (C=O) groups excluding carboxylic acids is 2. The SMILES string of the molecule is C=C(C)[C@@H]1CC[C@]2(CCO)CC[C@]3(C)C(CCC4[C@@]5(C)CC[C@H](OC(=O)CC(C)(C)CC(=O)OC)C(C)(C)C5CC[C@]43C)C12. The summed E-state index contributed by atoms with van der Waals surface area (Å²) in [5.41, 5.74) is 1.87. The van der Waals surface area contributed by atoms with Gasteiger partial charge in [0.2, 0.25) is 0 Å². The van der Waals surface area contributed by atoms with Crippen LogP contribution in [-0.4, -0.2) is 36.9 Å². The van der Waals surface area contributed by atoms with Crippen molar-refractivity contribution in [3.63, 3.8) is 0 Å². The third kappa shape index (κ3) is 5.12. The molecule has 0 spiro atoms. The van der Waals surface area contributed by atoms with E-state index in [-0.39, 0.29) is 47.1 Å². The monoisotopic (exact) mass is 612 g/mol. The molecule has 5 nitrogen and oxygen atoms in total. The maximum atomic E-state index is 13.2. The summed E-state index contributed by atoms with van der Waals surface area (Å²) in [6, 6.07) is 0. The zero-order valence-electron chi connectivity index (χ0n) is 29.7. The summed E-state index contributed by atoms with van der Waals surface area (Å²) in [5.74, 6) is 2.66. The van der Waals surface area contributed by atoms with E-state index < -0.39 is 5.41 Å². The fourth-order valence-corrected chi connectivity index (χ4v) is 13.2. The van der Waals surface area contributed by atoms with Gasteiger partial charge in [0.25, 0.3) is 0 Å². The van der Waals surface area contributed by atoms with Crippen molar-refractivity contribution >= 4 is 11.9 Å². The summed E-state index contributed by atoms with van der Waals surface area (Å²) in [4.78, 5) is 25.1. The molecule has 5 saturated carbocycles. The fourth-order valence-electron chi connectivity index (χ4n) is 13.2. The van der Waals surface area contributed by atoms with Gasteiger partial charge in [0.1, 0.15) is 6.10 Å². The third-order valence-corrected chi connectivity index (χ3v) is 15.5. The highest BCUT2D eigenvalue weighted by Gasteiger charge is 2.71. The number of esters is 2. The van der Waals surface area contributed by atoms with Gasteiger partial charge in [0, 0.05) is 12.0 Å². The molecule has 0 bridgehead atoms.